The summed E-state index contributed by atoms with van der Waals surface area (Å²) in [4.78, 5) is 12.3. The highest BCUT2D eigenvalue weighted by Gasteiger charge is 2.50. The van der Waals surface area contributed by atoms with Crippen LogP contribution in [0.4, 0.5) is 0 Å². The number of ketones is 1. The van der Waals surface area contributed by atoms with E-state index in [-0.39, 0.29) is 0 Å². The molecule has 3 rings (SSSR count). The van der Waals surface area contributed by atoms with Crippen LogP contribution < -0.4 is 0 Å². The minimum Gasteiger partial charge on any atom is -0.299 e. The van der Waals surface area contributed by atoms with Crippen LogP contribution in [-0.4, -0.2) is 5.78 Å². The van der Waals surface area contributed by atoms with Crippen LogP contribution >= 0.6 is 0 Å². The summed E-state index contributed by atoms with van der Waals surface area (Å²) in [5.41, 5.74) is 1.32. The molecule has 0 aromatic carbocycles. The number of Topliss-reactive ketones (excluding diaryl/α,β-unsaturated/α-hetero) is 1. The van der Waals surface area contributed by atoms with Gasteiger partial charge in [-0.3, -0.25) is 4.79 Å². The molecule has 1 heteroatoms. The fourth-order valence-corrected chi connectivity index (χ4v) is 4.26. The Labute approximate surface area is 91.9 Å². The Kier molecular flexibility index (Phi) is 2.22. The van der Waals surface area contributed by atoms with Gasteiger partial charge >= 0.3 is 0 Å². The number of carbonyl (C=O) groups excluding carboxylic acids is 1. The van der Waals surface area contributed by atoms with Crippen molar-refractivity contribution in [3.8, 4) is 0 Å². The zero-order valence-corrected chi connectivity index (χ0v) is 9.37. The number of allylic oxidation sites excluding steroid dienone is 1. The number of rotatable bonds is 0. The molecule has 3 aliphatic carbocycles. The smallest absolute Gasteiger partial charge is 0.139 e. The van der Waals surface area contributed by atoms with E-state index in [0.717, 1.165) is 18.3 Å². The maximum atomic E-state index is 12.3. The van der Waals surface area contributed by atoms with E-state index in [0.29, 0.717) is 17.6 Å². The maximum absolute atomic E-state index is 12.3. The predicted octanol–water partition coefficient (Wildman–Crippen LogP) is 3.35. The van der Waals surface area contributed by atoms with Crippen molar-refractivity contribution in [3.05, 3.63) is 12.2 Å². The summed E-state index contributed by atoms with van der Waals surface area (Å²) in [7, 11) is 0. The van der Waals surface area contributed by atoms with Gasteiger partial charge in [-0.25, -0.2) is 0 Å². The van der Waals surface area contributed by atoms with Gasteiger partial charge in [0.1, 0.15) is 5.78 Å². The second-order valence-electron chi connectivity index (χ2n) is 5.72. The molecule has 15 heavy (non-hydrogen) atoms. The van der Waals surface area contributed by atoms with Gasteiger partial charge in [0.05, 0.1) is 0 Å². The number of hydrogen-bond acceptors (Lipinski definition) is 1. The highest BCUT2D eigenvalue weighted by atomic mass is 16.1. The standard InChI is InChI=1S/C14H20O/c1-9-6-7-11-10-4-2-3-5-12(10)14(15)13(11)8-9/h10-13H,1-8H2. The van der Waals surface area contributed by atoms with E-state index in [1.807, 2.05) is 0 Å². The molecule has 0 spiro atoms. The lowest BCUT2D eigenvalue weighted by Gasteiger charge is -2.31. The maximum Gasteiger partial charge on any atom is 0.139 e. The normalized spacial score (nSPS) is 45.1. The van der Waals surface area contributed by atoms with Crippen molar-refractivity contribution in [2.75, 3.05) is 0 Å². The van der Waals surface area contributed by atoms with Crippen molar-refractivity contribution in [1.29, 1.82) is 0 Å². The van der Waals surface area contributed by atoms with E-state index in [1.54, 1.807) is 0 Å². The van der Waals surface area contributed by atoms with Crippen LogP contribution in [0.5, 0.6) is 0 Å². The molecule has 82 valence electrons. The number of fused-ring (bicyclic) bond motifs is 3. The van der Waals surface area contributed by atoms with Gasteiger partial charge in [0, 0.05) is 11.8 Å². The molecular formula is C14H20O. The van der Waals surface area contributed by atoms with E-state index in [1.165, 1.54) is 44.1 Å². The zero-order valence-electron chi connectivity index (χ0n) is 9.37. The van der Waals surface area contributed by atoms with Gasteiger partial charge in [-0.1, -0.05) is 25.0 Å². The first-order valence-electron chi connectivity index (χ1n) is 6.48. The fourth-order valence-electron chi connectivity index (χ4n) is 4.26. The lowest BCUT2D eigenvalue weighted by atomic mass is 9.72. The van der Waals surface area contributed by atoms with Gasteiger partial charge in [0.15, 0.2) is 0 Å². The molecule has 4 atom stereocenters. The fraction of sp³-hybridized carbons (Fsp3) is 0.786. The van der Waals surface area contributed by atoms with Crippen molar-refractivity contribution in [2.24, 2.45) is 23.7 Å². The SMILES string of the molecule is C=C1CCC2C(C1)C(=O)C1CCCCC12. The largest absolute Gasteiger partial charge is 0.299 e. The second-order valence-corrected chi connectivity index (χ2v) is 5.72. The molecule has 0 amide bonds. The van der Waals surface area contributed by atoms with Gasteiger partial charge in [-0.15, -0.1) is 0 Å². The monoisotopic (exact) mass is 204 g/mol. The quantitative estimate of drug-likeness (QED) is 0.553. The van der Waals surface area contributed by atoms with Crippen molar-refractivity contribution in [2.45, 2.75) is 44.9 Å². The molecule has 4 unspecified atom stereocenters. The lowest BCUT2D eigenvalue weighted by molar-refractivity contribution is -0.125. The van der Waals surface area contributed by atoms with E-state index in [4.69, 9.17) is 0 Å². The Bertz CT molecular complexity index is 304. The van der Waals surface area contributed by atoms with Crippen LogP contribution in [0.3, 0.4) is 0 Å². The third kappa shape index (κ3) is 1.39. The van der Waals surface area contributed by atoms with E-state index < -0.39 is 0 Å². The first-order chi connectivity index (χ1) is 7.27. The molecule has 0 N–H and O–H groups in total. The molecular weight excluding hydrogens is 184 g/mol. The van der Waals surface area contributed by atoms with Crippen LogP contribution in [-0.2, 0) is 4.79 Å². The molecule has 3 aliphatic rings. The predicted molar refractivity (Wildman–Crippen MR) is 60.4 cm³/mol. The molecule has 0 aromatic heterocycles. The minimum absolute atomic E-state index is 0.374. The summed E-state index contributed by atoms with van der Waals surface area (Å²) < 4.78 is 0. The Morgan fingerprint density at radius 3 is 2.60 bits per heavy atom. The van der Waals surface area contributed by atoms with Crippen LogP contribution in [0, 0.1) is 23.7 Å². The summed E-state index contributed by atoms with van der Waals surface area (Å²) >= 11 is 0. The molecule has 0 bridgehead atoms. The lowest BCUT2D eigenvalue weighted by Crippen LogP contribution is -2.23. The van der Waals surface area contributed by atoms with Crippen molar-refractivity contribution >= 4 is 5.78 Å². The summed E-state index contributed by atoms with van der Waals surface area (Å²) in [6, 6.07) is 0. The molecule has 1 nitrogen and oxygen atoms in total. The minimum atomic E-state index is 0.374. The summed E-state index contributed by atoms with van der Waals surface area (Å²) in [6.45, 7) is 4.07. The topological polar surface area (TPSA) is 17.1 Å². The summed E-state index contributed by atoms with van der Waals surface area (Å²) in [5.74, 6) is 2.90. The van der Waals surface area contributed by atoms with Crippen LogP contribution in [0.25, 0.3) is 0 Å². The average Bonchev–Trinajstić information content (AvgIpc) is 2.54. The molecule has 3 fully saturated rings. The van der Waals surface area contributed by atoms with Gasteiger partial charge < -0.3 is 0 Å². The molecule has 0 heterocycles. The van der Waals surface area contributed by atoms with E-state index in [9.17, 15) is 4.79 Å². The molecule has 0 radical (unpaired) electrons. The number of carbonyl (C=O) groups is 1. The first-order valence-corrected chi connectivity index (χ1v) is 6.48. The zero-order chi connectivity index (χ0) is 10.4. The Balaban J connectivity index is 1.87. The first kappa shape index (κ1) is 9.62. The van der Waals surface area contributed by atoms with Crippen molar-refractivity contribution < 1.29 is 4.79 Å². The van der Waals surface area contributed by atoms with Crippen LogP contribution in [0.15, 0.2) is 12.2 Å². The molecule has 3 saturated carbocycles. The molecule has 0 aliphatic heterocycles. The van der Waals surface area contributed by atoms with E-state index >= 15 is 0 Å². The Hall–Kier alpha value is -0.590. The third-order valence-electron chi connectivity index (χ3n) is 4.96. The Morgan fingerprint density at radius 2 is 1.73 bits per heavy atom. The van der Waals surface area contributed by atoms with Crippen molar-refractivity contribution in [1.82, 2.24) is 0 Å². The van der Waals surface area contributed by atoms with Gasteiger partial charge in [-0.2, -0.15) is 0 Å². The molecule has 0 aromatic rings. The Morgan fingerprint density at radius 1 is 1.00 bits per heavy atom. The van der Waals surface area contributed by atoms with Gasteiger partial charge in [-0.05, 0) is 43.9 Å². The van der Waals surface area contributed by atoms with Crippen LogP contribution in [0.2, 0.25) is 0 Å². The van der Waals surface area contributed by atoms with Crippen LogP contribution in [0.1, 0.15) is 44.9 Å². The highest BCUT2D eigenvalue weighted by Crippen LogP contribution is 2.52. The summed E-state index contributed by atoms with van der Waals surface area (Å²) in [5, 5.41) is 0. The number of hydrogen-bond donors (Lipinski definition) is 0. The molecule has 0 saturated heterocycles. The summed E-state index contributed by atoms with van der Waals surface area (Å²) in [6.07, 6.45) is 8.59. The highest BCUT2D eigenvalue weighted by molar-refractivity contribution is 5.87. The van der Waals surface area contributed by atoms with Gasteiger partial charge in [0.2, 0.25) is 0 Å². The van der Waals surface area contributed by atoms with Gasteiger partial charge in [0.25, 0.3) is 0 Å². The second kappa shape index (κ2) is 3.47. The van der Waals surface area contributed by atoms with Crippen molar-refractivity contribution in [3.63, 3.8) is 0 Å². The average molecular weight is 204 g/mol. The van der Waals surface area contributed by atoms with E-state index in [2.05, 4.69) is 6.58 Å². The third-order valence-corrected chi connectivity index (χ3v) is 4.96.